The summed E-state index contributed by atoms with van der Waals surface area (Å²) in [6.45, 7) is 2.03. The molecule has 0 spiro atoms. The van der Waals surface area contributed by atoms with Crippen LogP contribution in [0, 0.1) is 12.8 Å². The molecule has 2 N–H and O–H groups in total. The molecule has 12 nitrogen and oxygen atoms in total. The van der Waals surface area contributed by atoms with Crippen LogP contribution in [0.25, 0.3) is 0 Å². The van der Waals surface area contributed by atoms with Gasteiger partial charge in [0.1, 0.15) is 0 Å². The molecule has 2 amide bonds. The van der Waals surface area contributed by atoms with Crippen molar-refractivity contribution < 1.29 is 24.2 Å². The van der Waals surface area contributed by atoms with Gasteiger partial charge in [0.15, 0.2) is 11.5 Å². The minimum atomic E-state index is -1.48. The van der Waals surface area contributed by atoms with E-state index in [0.717, 1.165) is 15.1 Å². The van der Waals surface area contributed by atoms with Gasteiger partial charge >= 0.3 is 11.4 Å². The standard InChI is InChI=1S/C34H33N5O7/c1-19-10-12-22(13-11-19)35-38-30(41)24-18-25-23(14-15-37-32(43)36(2)33(44)39(25)37)28(20-16-26(45-3)29(40)27(17-20)46-4)34(24,31(38)42)21-8-6-5-7-9-21/h5-14,16-17,24-25,28,35,40H,15,18H2,1-4H3/t24-,25+,28-,34+/m0/s1. The molecule has 0 bridgehead atoms. The summed E-state index contributed by atoms with van der Waals surface area (Å²) in [6, 6.07) is 19.1. The first-order valence-corrected chi connectivity index (χ1v) is 14.9. The SMILES string of the molecule is COc1cc([C@H]2C3=CCn4c(=O)n(C)c(=O)n4[C@@H]3C[C@H]3C(=O)N(Nc4ccc(C)cc4)C(=O)[C@@]23c2ccccc2)cc(OC)c1O. The highest BCUT2D eigenvalue weighted by Gasteiger charge is 2.68. The van der Waals surface area contributed by atoms with Crippen molar-refractivity contribution >= 4 is 17.5 Å². The van der Waals surface area contributed by atoms with Gasteiger partial charge in [0.25, 0.3) is 11.8 Å². The molecule has 3 heterocycles. The van der Waals surface area contributed by atoms with E-state index in [1.165, 1.54) is 30.6 Å². The van der Waals surface area contributed by atoms with Gasteiger partial charge in [-0.3, -0.25) is 15.0 Å². The quantitative estimate of drug-likeness (QED) is 0.247. The number of nitrogens with zero attached hydrogens (tertiary/aromatic N) is 4. The van der Waals surface area contributed by atoms with E-state index in [1.54, 1.807) is 24.3 Å². The first-order valence-electron chi connectivity index (χ1n) is 14.9. The summed E-state index contributed by atoms with van der Waals surface area (Å²) in [7, 11) is 4.25. The molecule has 7 rings (SSSR count). The van der Waals surface area contributed by atoms with E-state index in [2.05, 4.69) is 5.43 Å². The molecule has 1 saturated heterocycles. The first-order chi connectivity index (χ1) is 22.1. The second kappa shape index (κ2) is 10.5. The average Bonchev–Trinajstić information content (AvgIpc) is 3.42. The van der Waals surface area contributed by atoms with E-state index in [4.69, 9.17) is 9.47 Å². The molecule has 2 aliphatic heterocycles. The van der Waals surface area contributed by atoms with Crippen LogP contribution >= 0.6 is 0 Å². The molecule has 12 heteroatoms. The second-order valence-corrected chi connectivity index (χ2v) is 12.0. The number of ether oxygens (including phenoxy) is 2. The number of aromatic hydroxyl groups is 1. The van der Waals surface area contributed by atoms with Crippen molar-refractivity contribution in [1.82, 2.24) is 18.9 Å². The third-order valence-corrected chi connectivity index (χ3v) is 9.68. The van der Waals surface area contributed by atoms with Crippen LogP contribution in [0.4, 0.5) is 5.69 Å². The van der Waals surface area contributed by atoms with Crippen LogP contribution in [0.5, 0.6) is 17.2 Å². The lowest BCUT2D eigenvalue weighted by atomic mass is 9.53. The van der Waals surface area contributed by atoms with Crippen LogP contribution in [0.1, 0.15) is 35.1 Å². The maximum atomic E-state index is 15.1. The molecule has 46 heavy (non-hydrogen) atoms. The number of benzene rings is 3. The van der Waals surface area contributed by atoms with Crippen LogP contribution < -0.4 is 26.3 Å². The monoisotopic (exact) mass is 623 g/mol. The van der Waals surface area contributed by atoms with Gasteiger partial charge in [-0.1, -0.05) is 54.1 Å². The van der Waals surface area contributed by atoms with Gasteiger partial charge in [-0.25, -0.2) is 23.5 Å². The number of carbonyl (C=O) groups excluding carboxylic acids is 2. The number of hydrogen-bond acceptors (Lipinski definition) is 8. The first kappa shape index (κ1) is 29.2. The van der Waals surface area contributed by atoms with Gasteiger partial charge in [-0.15, -0.1) is 0 Å². The number of rotatable bonds is 6. The normalized spacial score (nSPS) is 23.3. The molecule has 1 saturated carbocycles. The topological polar surface area (TPSA) is 137 Å². The summed E-state index contributed by atoms with van der Waals surface area (Å²) in [6.07, 6.45) is 1.96. The molecule has 3 aliphatic rings. The zero-order valence-electron chi connectivity index (χ0n) is 25.8. The second-order valence-electron chi connectivity index (χ2n) is 12.0. The molecule has 0 radical (unpaired) electrons. The molecule has 0 unspecified atom stereocenters. The number of aryl methyl sites for hydroxylation is 1. The maximum absolute atomic E-state index is 15.1. The number of aromatic nitrogens is 3. The highest BCUT2D eigenvalue weighted by Crippen LogP contribution is 2.62. The zero-order valence-corrected chi connectivity index (χ0v) is 25.8. The minimum absolute atomic E-state index is 0.0869. The fraction of sp³-hybridized carbons (Fsp3) is 0.294. The number of phenolic OH excluding ortho intramolecular Hbond substituents is 1. The van der Waals surface area contributed by atoms with Gasteiger partial charge in [-0.05, 0) is 54.3 Å². The highest BCUT2D eigenvalue weighted by molar-refractivity contribution is 6.12. The maximum Gasteiger partial charge on any atom is 0.347 e. The molecule has 4 atom stereocenters. The van der Waals surface area contributed by atoms with Crippen LogP contribution in [-0.2, 0) is 28.6 Å². The van der Waals surface area contributed by atoms with Gasteiger partial charge in [-0.2, -0.15) is 5.01 Å². The fourth-order valence-electron chi connectivity index (χ4n) is 7.57. The molecule has 1 aliphatic carbocycles. The number of nitrogens with one attached hydrogen (secondary N) is 1. The number of carbonyl (C=O) groups is 2. The summed E-state index contributed by atoms with van der Waals surface area (Å²) >= 11 is 0. The van der Waals surface area contributed by atoms with E-state index < -0.39 is 46.5 Å². The number of phenols is 1. The van der Waals surface area contributed by atoms with Crippen LogP contribution in [0.2, 0.25) is 0 Å². The van der Waals surface area contributed by atoms with E-state index in [-0.39, 0.29) is 30.2 Å². The number of imide groups is 1. The summed E-state index contributed by atoms with van der Waals surface area (Å²) in [4.78, 5) is 56.3. The lowest BCUT2D eigenvalue weighted by Gasteiger charge is -2.49. The van der Waals surface area contributed by atoms with Gasteiger partial charge in [0, 0.05) is 13.0 Å². The Morgan fingerprint density at radius 1 is 0.913 bits per heavy atom. The smallest absolute Gasteiger partial charge is 0.347 e. The van der Waals surface area contributed by atoms with Crippen LogP contribution in [0.3, 0.4) is 0 Å². The van der Waals surface area contributed by atoms with Crippen molar-refractivity contribution in [2.45, 2.75) is 37.3 Å². The Morgan fingerprint density at radius 3 is 2.20 bits per heavy atom. The van der Waals surface area contributed by atoms with E-state index in [9.17, 15) is 19.5 Å². The Balaban J connectivity index is 1.53. The van der Waals surface area contributed by atoms with Crippen LogP contribution in [-0.4, -0.2) is 50.1 Å². The van der Waals surface area contributed by atoms with Gasteiger partial charge < -0.3 is 14.6 Å². The number of allylic oxidation sites excluding steroid dienone is 2. The summed E-state index contributed by atoms with van der Waals surface area (Å²) in [5.41, 5.74) is 4.03. The number of hydrazine groups is 1. The molecule has 2 fully saturated rings. The lowest BCUT2D eigenvalue weighted by molar-refractivity contribution is -0.138. The Kier molecular flexibility index (Phi) is 6.69. The van der Waals surface area contributed by atoms with Crippen molar-refractivity contribution in [1.29, 1.82) is 0 Å². The highest BCUT2D eigenvalue weighted by atomic mass is 16.5. The van der Waals surface area contributed by atoms with Crippen molar-refractivity contribution in [3.8, 4) is 17.2 Å². The molecule has 4 aromatic rings. The van der Waals surface area contributed by atoms with Crippen molar-refractivity contribution in [2.75, 3.05) is 19.6 Å². The van der Waals surface area contributed by atoms with Crippen molar-refractivity contribution in [3.63, 3.8) is 0 Å². The minimum Gasteiger partial charge on any atom is -0.502 e. The van der Waals surface area contributed by atoms with Gasteiger partial charge in [0.2, 0.25) is 5.75 Å². The average molecular weight is 624 g/mol. The Labute approximate surface area is 263 Å². The predicted molar refractivity (Wildman–Crippen MR) is 168 cm³/mol. The molecule has 236 valence electrons. The molecule has 1 aromatic heterocycles. The number of hydrogen-bond donors (Lipinski definition) is 2. The van der Waals surface area contributed by atoms with Crippen molar-refractivity contribution in [2.24, 2.45) is 13.0 Å². The predicted octanol–water partition coefficient (Wildman–Crippen LogP) is 3.00. The Morgan fingerprint density at radius 2 is 1.57 bits per heavy atom. The lowest BCUT2D eigenvalue weighted by Crippen LogP contribution is -2.53. The Hall–Kier alpha value is -5.52. The van der Waals surface area contributed by atoms with Gasteiger partial charge in [0.05, 0.1) is 43.8 Å². The number of anilines is 1. The number of fused-ring (bicyclic) bond motifs is 4. The van der Waals surface area contributed by atoms with Crippen LogP contribution in [0.15, 0.2) is 88.0 Å². The molecule has 3 aromatic carbocycles. The fourth-order valence-corrected chi connectivity index (χ4v) is 7.57. The molecular weight excluding hydrogens is 590 g/mol. The van der Waals surface area contributed by atoms with E-state index in [1.807, 2.05) is 55.5 Å². The largest absolute Gasteiger partial charge is 0.502 e. The third kappa shape index (κ3) is 3.92. The Bertz CT molecular complexity index is 2020. The van der Waals surface area contributed by atoms with Crippen molar-refractivity contribution in [3.05, 3.63) is 116 Å². The zero-order chi connectivity index (χ0) is 32.5. The third-order valence-electron chi connectivity index (χ3n) is 9.68. The number of amides is 2. The molecular formula is C34H33N5O7. The summed E-state index contributed by atoms with van der Waals surface area (Å²) < 4.78 is 14.9. The summed E-state index contributed by atoms with van der Waals surface area (Å²) in [5.74, 6) is -2.69. The number of methoxy groups -OCH3 is 2. The summed E-state index contributed by atoms with van der Waals surface area (Å²) in [5, 5.41) is 11.9. The van der Waals surface area contributed by atoms with E-state index >= 15 is 4.79 Å². The van der Waals surface area contributed by atoms with E-state index in [0.29, 0.717) is 22.4 Å².